The summed E-state index contributed by atoms with van der Waals surface area (Å²) < 4.78 is 5.92. The Morgan fingerprint density at radius 1 is 1.62 bits per heavy atom. The second-order valence-corrected chi connectivity index (χ2v) is 3.52. The van der Waals surface area contributed by atoms with Gasteiger partial charge >= 0.3 is 5.97 Å². The predicted molar refractivity (Wildman–Crippen MR) is 50.9 cm³/mol. The van der Waals surface area contributed by atoms with Gasteiger partial charge in [0.2, 0.25) is 5.88 Å². The SMILES string of the molecule is CC(=O)Oc1cc2sccc2cn1. The third-order valence-corrected chi connectivity index (χ3v) is 2.44. The van der Waals surface area contributed by atoms with Gasteiger partial charge in [-0.15, -0.1) is 11.3 Å². The molecule has 0 amide bonds. The van der Waals surface area contributed by atoms with Gasteiger partial charge in [0.1, 0.15) is 0 Å². The Morgan fingerprint density at radius 2 is 2.46 bits per heavy atom. The van der Waals surface area contributed by atoms with Crippen molar-refractivity contribution < 1.29 is 9.53 Å². The van der Waals surface area contributed by atoms with Crippen molar-refractivity contribution in [3.63, 3.8) is 0 Å². The highest BCUT2D eigenvalue weighted by Crippen LogP contribution is 2.23. The Morgan fingerprint density at radius 3 is 3.23 bits per heavy atom. The summed E-state index contributed by atoms with van der Waals surface area (Å²) in [7, 11) is 0. The third-order valence-electron chi connectivity index (χ3n) is 1.56. The van der Waals surface area contributed by atoms with E-state index < -0.39 is 0 Å². The first kappa shape index (κ1) is 8.19. The van der Waals surface area contributed by atoms with E-state index in [1.807, 2.05) is 11.4 Å². The molecule has 0 aromatic carbocycles. The van der Waals surface area contributed by atoms with Gasteiger partial charge in [0.15, 0.2) is 0 Å². The zero-order valence-electron chi connectivity index (χ0n) is 6.98. The number of ether oxygens (including phenoxy) is 1. The van der Waals surface area contributed by atoms with E-state index in [0.717, 1.165) is 10.1 Å². The summed E-state index contributed by atoms with van der Waals surface area (Å²) in [6.45, 7) is 1.36. The Balaban J connectivity index is 2.42. The summed E-state index contributed by atoms with van der Waals surface area (Å²) in [5.74, 6) is 0.0193. The molecule has 3 nitrogen and oxygen atoms in total. The molecule has 2 aromatic rings. The van der Waals surface area contributed by atoms with Crippen LogP contribution in [0.3, 0.4) is 0 Å². The van der Waals surface area contributed by atoms with Crippen LogP contribution in [0.4, 0.5) is 0 Å². The van der Waals surface area contributed by atoms with Crippen molar-refractivity contribution in [2.75, 3.05) is 0 Å². The van der Waals surface area contributed by atoms with Crippen LogP contribution in [0, 0.1) is 0 Å². The molecular weight excluding hydrogens is 186 g/mol. The molecule has 0 aliphatic rings. The third kappa shape index (κ3) is 1.67. The highest BCUT2D eigenvalue weighted by Gasteiger charge is 2.01. The minimum absolute atomic E-state index is 0.344. The lowest BCUT2D eigenvalue weighted by Gasteiger charge is -1.98. The van der Waals surface area contributed by atoms with Crippen molar-refractivity contribution in [1.29, 1.82) is 0 Å². The van der Waals surface area contributed by atoms with Crippen LogP contribution in [0.15, 0.2) is 23.7 Å². The maximum absolute atomic E-state index is 10.6. The van der Waals surface area contributed by atoms with Crippen molar-refractivity contribution in [2.45, 2.75) is 6.92 Å². The number of carbonyl (C=O) groups excluding carboxylic acids is 1. The lowest BCUT2D eigenvalue weighted by atomic mass is 10.3. The van der Waals surface area contributed by atoms with Gasteiger partial charge in [-0.3, -0.25) is 4.79 Å². The van der Waals surface area contributed by atoms with E-state index in [2.05, 4.69) is 4.98 Å². The number of hydrogen-bond donors (Lipinski definition) is 0. The highest BCUT2D eigenvalue weighted by atomic mass is 32.1. The first-order chi connectivity index (χ1) is 6.25. The molecule has 0 aliphatic carbocycles. The largest absolute Gasteiger partial charge is 0.408 e. The van der Waals surface area contributed by atoms with E-state index in [9.17, 15) is 4.79 Å². The fourth-order valence-corrected chi connectivity index (χ4v) is 1.83. The Hall–Kier alpha value is -1.42. The van der Waals surface area contributed by atoms with Crippen molar-refractivity contribution in [3.8, 4) is 5.88 Å². The molecule has 0 radical (unpaired) electrons. The molecule has 0 aliphatic heterocycles. The second kappa shape index (κ2) is 3.14. The van der Waals surface area contributed by atoms with Gasteiger partial charge < -0.3 is 4.74 Å². The maximum atomic E-state index is 10.6. The van der Waals surface area contributed by atoms with Gasteiger partial charge in [-0.25, -0.2) is 4.98 Å². The molecule has 66 valence electrons. The van der Waals surface area contributed by atoms with E-state index in [1.54, 1.807) is 23.6 Å². The van der Waals surface area contributed by atoms with Crippen LogP contribution in [0.2, 0.25) is 0 Å². The molecular formula is C9H7NO2S. The summed E-state index contributed by atoms with van der Waals surface area (Å²) in [6, 6.07) is 3.74. The van der Waals surface area contributed by atoms with E-state index in [4.69, 9.17) is 4.74 Å². The number of carbonyl (C=O) groups is 1. The molecule has 0 N–H and O–H groups in total. The van der Waals surface area contributed by atoms with Crippen LogP contribution in [-0.2, 0) is 4.79 Å². The predicted octanol–water partition coefficient (Wildman–Crippen LogP) is 2.22. The normalized spacial score (nSPS) is 10.2. The van der Waals surface area contributed by atoms with Crippen LogP contribution >= 0.6 is 11.3 Å². The molecule has 0 saturated carbocycles. The van der Waals surface area contributed by atoms with Crippen LogP contribution < -0.4 is 4.74 Å². The first-order valence-electron chi connectivity index (χ1n) is 3.77. The number of fused-ring (bicyclic) bond motifs is 1. The number of hydrogen-bond acceptors (Lipinski definition) is 4. The van der Waals surface area contributed by atoms with Crippen LogP contribution in [0.25, 0.3) is 10.1 Å². The highest BCUT2D eigenvalue weighted by molar-refractivity contribution is 7.17. The van der Waals surface area contributed by atoms with Gasteiger partial charge in [0.25, 0.3) is 0 Å². The number of thiophene rings is 1. The summed E-state index contributed by atoms with van der Waals surface area (Å²) in [5.41, 5.74) is 0. The van der Waals surface area contributed by atoms with Crippen molar-refractivity contribution >= 4 is 27.4 Å². The lowest BCUT2D eigenvalue weighted by Crippen LogP contribution is -2.02. The zero-order valence-corrected chi connectivity index (χ0v) is 7.80. The van der Waals surface area contributed by atoms with Crippen LogP contribution in [0.5, 0.6) is 5.88 Å². The minimum Gasteiger partial charge on any atom is -0.408 e. The second-order valence-electron chi connectivity index (χ2n) is 2.57. The maximum Gasteiger partial charge on any atom is 0.309 e. The quantitative estimate of drug-likeness (QED) is 0.652. The topological polar surface area (TPSA) is 39.2 Å². The van der Waals surface area contributed by atoms with Gasteiger partial charge in [-0.2, -0.15) is 0 Å². The molecule has 0 fully saturated rings. The van der Waals surface area contributed by atoms with Gasteiger partial charge in [-0.1, -0.05) is 0 Å². The smallest absolute Gasteiger partial charge is 0.309 e. The fourth-order valence-electron chi connectivity index (χ4n) is 1.04. The molecule has 2 heterocycles. The summed E-state index contributed by atoms with van der Waals surface area (Å²) in [6.07, 6.45) is 1.70. The number of esters is 1. The van der Waals surface area contributed by atoms with E-state index in [-0.39, 0.29) is 5.97 Å². The van der Waals surface area contributed by atoms with Gasteiger partial charge in [0.05, 0.1) is 0 Å². The molecule has 0 saturated heterocycles. The molecule has 0 atom stereocenters. The molecule has 4 heteroatoms. The van der Waals surface area contributed by atoms with Crippen molar-refractivity contribution in [1.82, 2.24) is 4.98 Å². The average Bonchev–Trinajstić information content (AvgIpc) is 2.49. The van der Waals surface area contributed by atoms with Crippen molar-refractivity contribution in [3.05, 3.63) is 23.7 Å². The number of aromatic nitrogens is 1. The zero-order chi connectivity index (χ0) is 9.26. The van der Waals surface area contributed by atoms with E-state index in [0.29, 0.717) is 5.88 Å². The molecule has 2 aromatic heterocycles. The monoisotopic (exact) mass is 193 g/mol. The van der Waals surface area contributed by atoms with E-state index >= 15 is 0 Å². The molecule has 2 rings (SSSR count). The fraction of sp³-hybridized carbons (Fsp3) is 0.111. The Labute approximate surface area is 79.0 Å². The van der Waals surface area contributed by atoms with Crippen LogP contribution in [-0.4, -0.2) is 11.0 Å². The first-order valence-corrected chi connectivity index (χ1v) is 4.65. The Bertz CT molecular complexity index is 450. The van der Waals surface area contributed by atoms with E-state index in [1.165, 1.54) is 6.92 Å². The van der Waals surface area contributed by atoms with Crippen LogP contribution in [0.1, 0.15) is 6.92 Å². The van der Waals surface area contributed by atoms with Gasteiger partial charge in [-0.05, 0) is 11.4 Å². The minimum atomic E-state index is -0.344. The van der Waals surface area contributed by atoms with Gasteiger partial charge in [0, 0.05) is 29.3 Å². The summed E-state index contributed by atoms with van der Waals surface area (Å²) >= 11 is 1.60. The Kier molecular flexibility index (Phi) is 1.98. The van der Waals surface area contributed by atoms with Crippen molar-refractivity contribution in [2.24, 2.45) is 0 Å². The number of nitrogens with zero attached hydrogens (tertiary/aromatic N) is 1. The lowest BCUT2D eigenvalue weighted by molar-refractivity contribution is -0.132. The summed E-state index contributed by atoms with van der Waals surface area (Å²) in [5, 5.41) is 3.05. The average molecular weight is 193 g/mol. The molecule has 0 bridgehead atoms. The number of pyridine rings is 1. The summed E-state index contributed by atoms with van der Waals surface area (Å²) in [4.78, 5) is 14.6. The molecule has 13 heavy (non-hydrogen) atoms. The number of rotatable bonds is 1. The molecule has 0 spiro atoms. The molecule has 0 unspecified atom stereocenters. The standard InChI is InChI=1S/C9H7NO2S/c1-6(11)12-9-4-8-7(5-10-9)2-3-13-8/h2-5H,1H3.